The Balaban J connectivity index is 0.000000151. The minimum Gasteiger partial charge on any atom is -0.423 e. The van der Waals surface area contributed by atoms with E-state index in [1.807, 2.05) is 36.2 Å². The van der Waals surface area contributed by atoms with Crippen LogP contribution in [-0.4, -0.2) is 76.7 Å². The molecule has 2 aliphatic heterocycles. The number of hydrogen-bond donors (Lipinski definition) is 3. The number of nitrogens with zero attached hydrogens (tertiary/aromatic N) is 3. The first-order valence-corrected chi connectivity index (χ1v) is 8.86. The standard InChI is InChI=1S/C11H12N2O.C7H15NO3/c1-2-6-10-9(5-1)12-11(14-10)13-7-3-4-8-13;1-8-3-7(11)6(10)2-5(8)4-9/h1-2,5-6H,3-4,7-8H2;5-7,9-11H,2-4H2,1H3/t;5-,6?,7+/m.1/s1. The van der Waals surface area contributed by atoms with Crippen LogP contribution in [0.15, 0.2) is 28.7 Å². The van der Waals surface area contributed by atoms with Gasteiger partial charge in [-0.2, -0.15) is 4.98 Å². The number of likely N-dealkylation sites (tertiary alicyclic amines) is 1. The van der Waals surface area contributed by atoms with Crippen LogP contribution in [0.25, 0.3) is 11.1 Å². The van der Waals surface area contributed by atoms with Gasteiger partial charge in [-0.25, -0.2) is 0 Å². The van der Waals surface area contributed by atoms with Crippen LogP contribution >= 0.6 is 0 Å². The number of β-amino-alcohol motifs (C(OH)–C–C–N with tert-alkyl or cyclic N) is 1. The quantitative estimate of drug-likeness (QED) is 0.739. The van der Waals surface area contributed by atoms with Crippen LogP contribution in [0.2, 0.25) is 0 Å². The number of aromatic nitrogens is 1. The highest BCUT2D eigenvalue weighted by Crippen LogP contribution is 2.24. The van der Waals surface area contributed by atoms with Crippen molar-refractivity contribution in [3.63, 3.8) is 0 Å². The van der Waals surface area contributed by atoms with Crippen molar-refractivity contribution in [2.45, 2.75) is 37.5 Å². The van der Waals surface area contributed by atoms with Gasteiger partial charge in [-0.1, -0.05) is 12.1 Å². The number of hydrogen-bond acceptors (Lipinski definition) is 7. The molecule has 0 aliphatic carbocycles. The van der Waals surface area contributed by atoms with Crippen molar-refractivity contribution in [2.75, 3.05) is 38.2 Å². The first kappa shape index (κ1) is 18.1. The highest BCUT2D eigenvalue weighted by atomic mass is 16.4. The number of fused-ring (bicyclic) bond motifs is 1. The predicted molar refractivity (Wildman–Crippen MR) is 95.6 cm³/mol. The summed E-state index contributed by atoms with van der Waals surface area (Å²) in [6, 6.07) is 8.68. The summed E-state index contributed by atoms with van der Waals surface area (Å²) in [5.74, 6) is 0. The fraction of sp³-hybridized carbons (Fsp3) is 0.611. The molecule has 0 radical (unpaired) electrons. The van der Waals surface area contributed by atoms with Crippen molar-refractivity contribution in [3.05, 3.63) is 24.3 Å². The first-order chi connectivity index (χ1) is 12.1. The third-order valence-corrected chi connectivity index (χ3v) is 4.93. The molecule has 0 bridgehead atoms. The second kappa shape index (κ2) is 8.14. The van der Waals surface area contributed by atoms with Gasteiger partial charge in [0.05, 0.1) is 18.8 Å². The van der Waals surface area contributed by atoms with Gasteiger partial charge in [0.15, 0.2) is 5.58 Å². The van der Waals surface area contributed by atoms with Crippen molar-refractivity contribution in [3.8, 4) is 0 Å². The number of oxazole rings is 1. The van der Waals surface area contributed by atoms with Gasteiger partial charge in [0.2, 0.25) is 0 Å². The van der Waals surface area contributed by atoms with E-state index in [4.69, 9.17) is 9.52 Å². The molecule has 0 spiro atoms. The zero-order valence-electron chi connectivity index (χ0n) is 14.6. The van der Waals surface area contributed by atoms with Gasteiger partial charge >= 0.3 is 0 Å². The van der Waals surface area contributed by atoms with Crippen molar-refractivity contribution in [2.24, 2.45) is 0 Å². The molecule has 3 atom stereocenters. The number of aliphatic hydroxyl groups is 3. The summed E-state index contributed by atoms with van der Waals surface area (Å²) < 4.78 is 5.67. The molecular formula is C18H27N3O4. The van der Waals surface area contributed by atoms with Gasteiger partial charge in [0, 0.05) is 25.7 Å². The first-order valence-electron chi connectivity index (χ1n) is 8.86. The minimum atomic E-state index is -0.677. The van der Waals surface area contributed by atoms with E-state index < -0.39 is 12.2 Å². The Morgan fingerprint density at radius 1 is 1.16 bits per heavy atom. The van der Waals surface area contributed by atoms with Gasteiger partial charge in [-0.05, 0) is 38.4 Å². The molecular weight excluding hydrogens is 322 g/mol. The van der Waals surface area contributed by atoms with Gasteiger partial charge in [0.25, 0.3) is 6.01 Å². The number of likely N-dealkylation sites (N-methyl/N-ethyl adjacent to an activating group) is 1. The second-order valence-electron chi connectivity index (χ2n) is 6.80. The van der Waals surface area contributed by atoms with Gasteiger partial charge < -0.3 is 24.6 Å². The number of aliphatic hydroxyl groups excluding tert-OH is 3. The lowest BCUT2D eigenvalue weighted by Gasteiger charge is -2.37. The van der Waals surface area contributed by atoms with Crippen LogP contribution in [0.4, 0.5) is 6.01 Å². The monoisotopic (exact) mass is 349 g/mol. The molecule has 7 nitrogen and oxygen atoms in total. The zero-order valence-corrected chi connectivity index (χ0v) is 14.6. The molecule has 2 aromatic rings. The number of para-hydroxylation sites is 2. The van der Waals surface area contributed by atoms with E-state index in [1.54, 1.807) is 0 Å². The van der Waals surface area contributed by atoms with Gasteiger partial charge in [-0.15, -0.1) is 0 Å². The molecule has 4 rings (SSSR count). The molecule has 0 amide bonds. The summed E-state index contributed by atoms with van der Waals surface area (Å²) in [6.07, 6.45) is 1.61. The average Bonchev–Trinajstić information content (AvgIpc) is 3.27. The summed E-state index contributed by atoms with van der Waals surface area (Å²) in [4.78, 5) is 8.52. The molecule has 3 heterocycles. The fourth-order valence-corrected chi connectivity index (χ4v) is 3.30. The fourth-order valence-electron chi connectivity index (χ4n) is 3.30. The Hall–Kier alpha value is -1.67. The smallest absolute Gasteiger partial charge is 0.298 e. The maximum atomic E-state index is 9.21. The topological polar surface area (TPSA) is 93.2 Å². The molecule has 1 aromatic carbocycles. The minimum absolute atomic E-state index is 0.00611. The number of benzene rings is 1. The molecule has 2 aliphatic rings. The van der Waals surface area contributed by atoms with E-state index in [0.717, 1.165) is 30.2 Å². The van der Waals surface area contributed by atoms with Crippen LogP contribution in [0.5, 0.6) is 0 Å². The molecule has 25 heavy (non-hydrogen) atoms. The molecule has 0 saturated carbocycles. The van der Waals surface area contributed by atoms with Crippen molar-refractivity contribution >= 4 is 17.1 Å². The molecule has 7 heteroatoms. The van der Waals surface area contributed by atoms with Crippen LogP contribution in [-0.2, 0) is 0 Å². The third-order valence-electron chi connectivity index (χ3n) is 4.93. The van der Waals surface area contributed by atoms with E-state index in [0.29, 0.717) is 13.0 Å². The highest BCUT2D eigenvalue weighted by Gasteiger charge is 2.30. The van der Waals surface area contributed by atoms with Gasteiger partial charge in [0.1, 0.15) is 5.52 Å². The number of piperidine rings is 1. The van der Waals surface area contributed by atoms with Crippen LogP contribution in [0, 0.1) is 0 Å². The normalized spacial score (nSPS) is 27.4. The van der Waals surface area contributed by atoms with Crippen LogP contribution < -0.4 is 4.90 Å². The van der Waals surface area contributed by atoms with Crippen LogP contribution in [0.1, 0.15) is 19.3 Å². The van der Waals surface area contributed by atoms with E-state index in [9.17, 15) is 10.2 Å². The Morgan fingerprint density at radius 2 is 1.88 bits per heavy atom. The maximum Gasteiger partial charge on any atom is 0.298 e. The molecule has 138 valence electrons. The van der Waals surface area contributed by atoms with Crippen molar-refractivity contribution < 1.29 is 19.7 Å². The summed E-state index contributed by atoms with van der Waals surface area (Å²) in [5, 5.41) is 27.2. The predicted octanol–water partition coefficient (Wildman–Crippen LogP) is 0.833. The Labute approximate surface area is 147 Å². The second-order valence-corrected chi connectivity index (χ2v) is 6.80. The maximum absolute atomic E-state index is 9.21. The van der Waals surface area contributed by atoms with Crippen molar-refractivity contribution in [1.29, 1.82) is 0 Å². The highest BCUT2D eigenvalue weighted by molar-refractivity contribution is 5.74. The summed E-state index contributed by atoms with van der Waals surface area (Å²) in [5.41, 5.74) is 1.84. The molecule has 3 N–H and O–H groups in total. The Kier molecular flexibility index (Phi) is 5.90. The summed E-state index contributed by atoms with van der Waals surface area (Å²) >= 11 is 0. The van der Waals surface area contributed by atoms with E-state index in [1.165, 1.54) is 12.8 Å². The van der Waals surface area contributed by atoms with E-state index in [-0.39, 0.29) is 12.6 Å². The molecule has 1 aromatic heterocycles. The molecule has 1 unspecified atom stereocenters. The van der Waals surface area contributed by atoms with E-state index in [2.05, 4.69) is 9.88 Å². The average molecular weight is 349 g/mol. The molecule has 2 saturated heterocycles. The van der Waals surface area contributed by atoms with Crippen molar-refractivity contribution in [1.82, 2.24) is 9.88 Å². The summed E-state index contributed by atoms with van der Waals surface area (Å²) in [7, 11) is 1.83. The SMILES string of the molecule is CN1C[C@H](O)C(O)C[C@@H]1CO.c1ccc2oc(N3CCCC3)nc2c1. The third kappa shape index (κ3) is 4.30. The largest absolute Gasteiger partial charge is 0.423 e. The lowest BCUT2D eigenvalue weighted by Crippen LogP contribution is -2.51. The molecule has 2 fully saturated rings. The Morgan fingerprint density at radius 3 is 2.56 bits per heavy atom. The number of anilines is 1. The zero-order chi connectivity index (χ0) is 17.8. The van der Waals surface area contributed by atoms with E-state index >= 15 is 0 Å². The Bertz CT molecular complexity index is 638. The number of rotatable bonds is 2. The lowest BCUT2D eigenvalue weighted by molar-refractivity contribution is -0.0626. The van der Waals surface area contributed by atoms with Crippen LogP contribution in [0.3, 0.4) is 0 Å². The lowest BCUT2D eigenvalue weighted by atomic mass is 9.98. The van der Waals surface area contributed by atoms with Gasteiger partial charge in [-0.3, -0.25) is 4.90 Å². The summed E-state index contributed by atoms with van der Waals surface area (Å²) in [6.45, 7) is 2.63.